The summed E-state index contributed by atoms with van der Waals surface area (Å²) in [7, 11) is 5.15. The van der Waals surface area contributed by atoms with Crippen LogP contribution in [0.15, 0.2) is 53.5 Å². The van der Waals surface area contributed by atoms with Gasteiger partial charge in [-0.25, -0.2) is 4.98 Å². The van der Waals surface area contributed by atoms with E-state index in [1.54, 1.807) is 21.3 Å². The Bertz CT molecular complexity index is 1040. The maximum atomic E-state index is 5.35. The molecule has 9 heteroatoms. The van der Waals surface area contributed by atoms with Crippen molar-refractivity contribution >= 4 is 11.6 Å². The van der Waals surface area contributed by atoms with E-state index in [9.17, 15) is 0 Å². The summed E-state index contributed by atoms with van der Waals surface area (Å²) in [5.74, 6) is 3.96. The maximum Gasteiger partial charge on any atom is 0.194 e. The van der Waals surface area contributed by atoms with Crippen LogP contribution in [0.3, 0.4) is 0 Å². The lowest BCUT2D eigenvalue weighted by Crippen LogP contribution is -2.52. The molecule has 32 heavy (non-hydrogen) atoms. The van der Waals surface area contributed by atoms with E-state index in [0.717, 1.165) is 55.0 Å². The van der Waals surface area contributed by atoms with Gasteiger partial charge in [-0.15, -0.1) is 0 Å². The molecule has 4 rings (SSSR count). The van der Waals surface area contributed by atoms with Crippen LogP contribution in [-0.4, -0.2) is 73.5 Å². The molecule has 0 atom stereocenters. The Kier molecular flexibility index (Phi) is 6.74. The lowest BCUT2D eigenvalue weighted by molar-refractivity contribution is 0.371. The minimum Gasteiger partial charge on any atom is -0.497 e. The van der Waals surface area contributed by atoms with Crippen LogP contribution in [0.2, 0.25) is 0 Å². The van der Waals surface area contributed by atoms with Crippen LogP contribution in [0.1, 0.15) is 5.82 Å². The van der Waals surface area contributed by atoms with Crippen molar-refractivity contribution in [3.63, 3.8) is 0 Å². The number of rotatable bonds is 6. The first-order valence-electron chi connectivity index (χ1n) is 10.6. The minimum atomic E-state index is 0.520. The van der Waals surface area contributed by atoms with Crippen molar-refractivity contribution in [3.8, 4) is 22.9 Å². The van der Waals surface area contributed by atoms with E-state index < -0.39 is 0 Å². The largest absolute Gasteiger partial charge is 0.497 e. The van der Waals surface area contributed by atoms with Crippen LogP contribution in [0.5, 0.6) is 11.5 Å². The summed E-state index contributed by atoms with van der Waals surface area (Å²) < 4.78 is 10.6. The molecule has 9 nitrogen and oxygen atoms in total. The Labute approximate surface area is 188 Å². The SMILES string of the molecule is CN=C(NCc1nc(-c2ccc(OC)cc2)n[nH]1)N1CCN(c2cccc(OC)c2)CC1. The second-order valence-corrected chi connectivity index (χ2v) is 7.41. The molecule has 1 saturated heterocycles. The van der Waals surface area contributed by atoms with Crippen molar-refractivity contribution in [2.75, 3.05) is 52.3 Å². The first-order valence-corrected chi connectivity index (χ1v) is 10.6. The molecule has 0 radical (unpaired) electrons. The van der Waals surface area contributed by atoms with E-state index in [2.05, 4.69) is 47.4 Å². The predicted octanol–water partition coefficient (Wildman–Crippen LogP) is 2.39. The van der Waals surface area contributed by atoms with E-state index >= 15 is 0 Å². The second-order valence-electron chi connectivity index (χ2n) is 7.41. The Morgan fingerprint density at radius 1 is 1.03 bits per heavy atom. The van der Waals surface area contributed by atoms with Gasteiger partial charge in [0, 0.05) is 50.5 Å². The summed E-state index contributed by atoms with van der Waals surface area (Å²) >= 11 is 0. The Morgan fingerprint density at radius 3 is 2.47 bits per heavy atom. The standard InChI is InChI=1S/C23H29N7O2/c1-24-23(30-13-11-29(12-14-30)18-5-4-6-20(15-18)32-3)25-16-21-26-22(28-27-21)17-7-9-19(31-2)10-8-17/h4-10,15H,11-14,16H2,1-3H3,(H,24,25)(H,26,27,28). The molecule has 2 aromatic carbocycles. The van der Waals surface area contributed by atoms with E-state index in [1.165, 1.54) is 5.69 Å². The summed E-state index contributed by atoms with van der Waals surface area (Å²) in [6.07, 6.45) is 0. The van der Waals surface area contributed by atoms with Crippen molar-refractivity contribution in [1.29, 1.82) is 0 Å². The molecular formula is C23H29N7O2. The number of guanidine groups is 1. The van der Waals surface area contributed by atoms with Gasteiger partial charge in [-0.1, -0.05) is 6.07 Å². The third kappa shape index (κ3) is 4.93. The van der Waals surface area contributed by atoms with Crippen LogP contribution in [0.4, 0.5) is 5.69 Å². The molecule has 0 saturated carbocycles. The Balaban J connectivity index is 1.31. The highest BCUT2D eigenvalue weighted by molar-refractivity contribution is 5.80. The van der Waals surface area contributed by atoms with Crippen LogP contribution in [-0.2, 0) is 6.54 Å². The fraction of sp³-hybridized carbons (Fsp3) is 0.348. The molecule has 0 spiro atoms. The summed E-state index contributed by atoms with van der Waals surface area (Å²) in [6, 6.07) is 15.9. The van der Waals surface area contributed by atoms with Crippen LogP contribution < -0.4 is 19.7 Å². The molecule has 168 valence electrons. The summed E-state index contributed by atoms with van der Waals surface area (Å²) in [6.45, 7) is 4.11. The monoisotopic (exact) mass is 435 g/mol. The second kappa shape index (κ2) is 10.0. The van der Waals surface area contributed by atoms with E-state index in [0.29, 0.717) is 12.4 Å². The van der Waals surface area contributed by atoms with E-state index in [4.69, 9.17) is 9.47 Å². The van der Waals surface area contributed by atoms with E-state index in [1.807, 2.05) is 36.4 Å². The molecule has 2 heterocycles. The summed E-state index contributed by atoms with van der Waals surface area (Å²) in [4.78, 5) is 13.7. The molecule has 3 aromatic rings. The maximum absolute atomic E-state index is 5.35. The van der Waals surface area contributed by atoms with Crippen molar-refractivity contribution in [2.45, 2.75) is 6.54 Å². The lowest BCUT2D eigenvalue weighted by Gasteiger charge is -2.37. The molecular weight excluding hydrogens is 406 g/mol. The first-order chi connectivity index (χ1) is 15.7. The molecule has 0 unspecified atom stereocenters. The number of aromatic amines is 1. The van der Waals surface area contributed by atoms with Crippen LogP contribution >= 0.6 is 0 Å². The molecule has 1 aliphatic heterocycles. The summed E-state index contributed by atoms with van der Waals surface area (Å²) in [5, 5.41) is 10.7. The highest BCUT2D eigenvalue weighted by atomic mass is 16.5. The zero-order valence-corrected chi connectivity index (χ0v) is 18.7. The minimum absolute atomic E-state index is 0.520. The Morgan fingerprint density at radius 2 is 1.78 bits per heavy atom. The van der Waals surface area contributed by atoms with Crippen LogP contribution in [0, 0.1) is 0 Å². The summed E-state index contributed by atoms with van der Waals surface area (Å²) in [5.41, 5.74) is 2.12. The van der Waals surface area contributed by atoms with Gasteiger partial charge in [0.1, 0.15) is 17.3 Å². The predicted molar refractivity (Wildman–Crippen MR) is 125 cm³/mol. The average Bonchev–Trinajstić information content (AvgIpc) is 3.34. The van der Waals surface area contributed by atoms with Gasteiger partial charge in [-0.3, -0.25) is 10.1 Å². The number of hydrogen-bond donors (Lipinski definition) is 2. The molecule has 0 aliphatic carbocycles. The number of nitrogens with one attached hydrogen (secondary N) is 2. The van der Waals surface area contributed by atoms with Crippen molar-refractivity contribution in [3.05, 3.63) is 54.4 Å². The molecule has 2 N–H and O–H groups in total. The number of ether oxygens (including phenoxy) is 2. The normalized spacial score (nSPS) is 14.4. The number of aromatic nitrogens is 3. The van der Waals surface area contributed by atoms with Gasteiger partial charge >= 0.3 is 0 Å². The van der Waals surface area contributed by atoms with Gasteiger partial charge in [0.05, 0.1) is 20.8 Å². The number of aliphatic imine (C=N–C) groups is 1. The van der Waals surface area contributed by atoms with Gasteiger partial charge < -0.3 is 24.6 Å². The number of nitrogens with zero attached hydrogens (tertiary/aromatic N) is 5. The van der Waals surface area contributed by atoms with Crippen LogP contribution in [0.25, 0.3) is 11.4 Å². The highest BCUT2D eigenvalue weighted by Gasteiger charge is 2.20. The lowest BCUT2D eigenvalue weighted by atomic mass is 10.2. The molecule has 1 fully saturated rings. The van der Waals surface area contributed by atoms with Crippen molar-refractivity contribution < 1.29 is 9.47 Å². The fourth-order valence-electron chi connectivity index (χ4n) is 3.72. The quantitative estimate of drug-likeness (QED) is 0.454. The smallest absolute Gasteiger partial charge is 0.194 e. The Hall–Kier alpha value is -3.75. The fourth-order valence-corrected chi connectivity index (χ4v) is 3.72. The van der Waals surface area contributed by atoms with Crippen molar-refractivity contribution in [2.24, 2.45) is 4.99 Å². The third-order valence-corrected chi connectivity index (χ3v) is 5.50. The van der Waals surface area contributed by atoms with Gasteiger partial charge in [-0.05, 0) is 36.4 Å². The number of piperazine rings is 1. The zero-order valence-electron chi connectivity index (χ0n) is 18.7. The first kappa shape index (κ1) is 21.5. The number of anilines is 1. The van der Waals surface area contributed by atoms with Crippen molar-refractivity contribution in [1.82, 2.24) is 25.4 Å². The number of H-pyrrole nitrogens is 1. The average molecular weight is 436 g/mol. The van der Waals surface area contributed by atoms with Gasteiger partial charge in [0.25, 0.3) is 0 Å². The molecule has 0 amide bonds. The third-order valence-electron chi connectivity index (χ3n) is 5.50. The highest BCUT2D eigenvalue weighted by Crippen LogP contribution is 2.22. The molecule has 1 aliphatic rings. The van der Waals surface area contributed by atoms with Gasteiger partial charge in [0.15, 0.2) is 11.8 Å². The van der Waals surface area contributed by atoms with Gasteiger partial charge in [-0.2, -0.15) is 5.10 Å². The molecule has 0 bridgehead atoms. The van der Waals surface area contributed by atoms with Gasteiger partial charge in [0.2, 0.25) is 0 Å². The number of methoxy groups -OCH3 is 2. The molecule has 1 aromatic heterocycles. The topological polar surface area (TPSA) is 90.9 Å². The number of hydrogen-bond acceptors (Lipinski definition) is 6. The van der Waals surface area contributed by atoms with E-state index in [-0.39, 0.29) is 0 Å². The zero-order chi connectivity index (χ0) is 22.3. The number of benzene rings is 2.